The van der Waals surface area contributed by atoms with Gasteiger partial charge in [0.2, 0.25) is 0 Å². The molecule has 5 nitrogen and oxygen atoms in total. The molecule has 1 aliphatic rings. The van der Waals surface area contributed by atoms with Crippen LogP contribution in [0.3, 0.4) is 0 Å². The molecule has 2 aromatic heterocycles. The normalized spacial score (nSPS) is 20.4. The van der Waals surface area contributed by atoms with E-state index >= 15 is 0 Å². The van der Waals surface area contributed by atoms with Gasteiger partial charge in [0.05, 0.1) is 6.04 Å². The number of nitrogens with one attached hydrogen (secondary N) is 1. The van der Waals surface area contributed by atoms with E-state index in [2.05, 4.69) is 15.5 Å². The molecule has 1 fully saturated rings. The van der Waals surface area contributed by atoms with Gasteiger partial charge in [-0.25, -0.2) is 0 Å². The lowest BCUT2D eigenvalue weighted by Gasteiger charge is -2.01. The van der Waals surface area contributed by atoms with Crippen LogP contribution in [0.5, 0.6) is 0 Å². The molecule has 84 valence electrons. The monoisotopic (exact) mass is 218 g/mol. The molecule has 0 saturated carbocycles. The predicted octanol–water partition coefficient (Wildman–Crippen LogP) is 1.50. The van der Waals surface area contributed by atoms with Gasteiger partial charge in [0.1, 0.15) is 5.69 Å². The molecular formula is C11H14N4O. The van der Waals surface area contributed by atoms with Crippen LogP contribution in [0.4, 0.5) is 0 Å². The fraction of sp³-hybridized carbons (Fsp3) is 0.455. The number of nitrogens with zero attached hydrogens (tertiary/aromatic N) is 3. The van der Waals surface area contributed by atoms with E-state index in [-0.39, 0.29) is 6.04 Å². The molecule has 0 aliphatic carbocycles. The van der Waals surface area contributed by atoms with Crippen molar-refractivity contribution in [1.82, 2.24) is 20.0 Å². The topological polar surface area (TPSA) is 55.9 Å². The molecule has 16 heavy (non-hydrogen) atoms. The van der Waals surface area contributed by atoms with Gasteiger partial charge in [-0.2, -0.15) is 4.98 Å². The third-order valence-corrected chi connectivity index (χ3v) is 2.98. The van der Waals surface area contributed by atoms with E-state index in [4.69, 9.17) is 4.52 Å². The molecule has 0 spiro atoms. The van der Waals surface area contributed by atoms with Crippen LogP contribution in [0.2, 0.25) is 0 Å². The van der Waals surface area contributed by atoms with Crippen molar-refractivity contribution in [3.63, 3.8) is 0 Å². The summed E-state index contributed by atoms with van der Waals surface area (Å²) in [5, 5.41) is 7.39. The Hall–Kier alpha value is -1.62. The summed E-state index contributed by atoms with van der Waals surface area (Å²) in [6.07, 6.45) is 4.23. The molecule has 0 amide bonds. The van der Waals surface area contributed by atoms with Crippen molar-refractivity contribution >= 4 is 0 Å². The van der Waals surface area contributed by atoms with Gasteiger partial charge in [-0.05, 0) is 31.5 Å². The molecule has 0 radical (unpaired) electrons. The summed E-state index contributed by atoms with van der Waals surface area (Å²) >= 11 is 0. The van der Waals surface area contributed by atoms with Crippen molar-refractivity contribution < 1.29 is 4.52 Å². The van der Waals surface area contributed by atoms with Gasteiger partial charge in [-0.15, -0.1) is 0 Å². The fourth-order valence-electron chi connectivity index (χ4n) is 2.07. The van der Waals surface area contributed by atoms with Gasteiger partial charge in [-0.3, -0.25) is 0 Å². The molecule has 2 aromatic rings. The third kappa shape index (κ3) is 1.53. The fourth-order valence-corrected chi connectivity index (χ4v) is 2.07. The van der Waals surface area contributed by atoms with Crippen LogP contribution >= 0.6 is 0 Å². The van der Waals surface area contributed by atoms with Crippen LogP contribution in [0.1, 0.15) is 24.7 Å². The maximum absolute atomic E-state index is 5.28. The Kier molecular flexibility index (Phi) is 2.25. The quantitative estimate of drug-likeness (QED) is 0.830. The highest BCUT2D eigenvalue weighted by molar-refractivity contribution is 5.47. The van der Waals surface area contributed by atoms with E-state index < -0.39 is 0 Å². The second-order valence-corrected chi connectivity index (χ2v) is 4.11. The van der Waals surface area contributed by atoms with Crippen LogP contribution in [0.15, 0.2) is 22.9 Å². The van der Waals surface area contributed by atoms with Crippen LogP contribution in [-0.4, -0.2) is 21.3 Å². The number of aryl methyl sites for hydroxylation is 1. The van der Waals surface area contributed by atoms with Gasteiger partial charge in [0.25, 0.3) is 5.89 Å². The summed E-state index contributed by atoms with van der Waals surface area (Å²) in [7, 11) is 1.97. The number of rotatable bonds is 2. The summed E-state index contributed by atoms with van der Waals surface area (Å²) in [4.78, 5) is 4.43. The van der Waals surface area contributed by atoms with E-state index in [0.717, 1.165) is 24.5 Å². The molecule has 1 unspecified atom stereocenters. The lowest BCUT2D eigenvalue weighted by atomic mass is 10.2. The minimum atomic E-state index is 0.262. The predicted molar refractivity (Wildman–Crippen MR) is 58.7 cm³/mol. The number of hydrogen-bond acceptors (Lipinski definition) is 4. The minimum absolute atomic E-state index is 0.262. The molecule has 0 aromatic carbocycles. The zero-order chi connectivity index (χ0) is 11.0. The maximum atomic E-state index is 5.28. The first kappa shape index (κ1) is 9.59. The van der Waals surface area contributed by atoms with Crippen LogP contribution in [0.25, 0.3) is 11.6 Å². The average Bonchev–Trinajstić information content (AvgIpc) is 2.96. The molecule has 0 bridgehead atoms. The van der Waals surface area contributed by atoms with Crippen molar-refractivity contribution in [3.8, 4) is 11.6 Å². The zero-order valence-corrected chi connectivity index (χ0v) is 9.18. The summed E-state index contributed by atoms with van der Waals surface area (Å²) in [6.45, 7) is 1.04. The van der Waals surface area contributed by atoms with E-state index in [0.29, 0.717) is 5.89 Å². The van der Waals surface area contributed by atoms with Crippen LogP contribution < -0.4 is 5.32 Å². The Morgan fingerprint density at radius 3 is 3.19 bits per heavy atom. The van der Waals surface area contributed by atoms with Crippen molar-refractivity contribution in [2.75, 3.05) is 6.54 Å². The summed E-state index contributed by atoms with van der Waals surface area (Å²) < 4.78 is 7.25. The van der Waals surface area contributed by atoms with Gasteiger partial charge < -0.3 is 14.4 Å². The Morgan fingerprint density at radius 1 is 1.56 bits per heavy atom. The average molecular weight is 218 g/mol. The Morgan fingerprint density at radius 2 is 2.50 bits per heavy atom. The molecule has 1 aliphatic heterocycles. The SMILES string of the molecule is Cn1cccc1-c1nc(C2CCCN2)no1. The van der Waals surface area contributed by atoms with Gasteiger partial charge in [0, 0.05) is 13.2 Å². The molecule has 3 heterocycles. The third-order valence-electron chi connectivity index (χ3n) is 2.98. The summed E-state index contributed by atoms with van der Waals surface area (Å²) in [5.41, 5.74) is 0.955. The molecule has 1 atom stereocenters. The van der Waals surface area contributed by atoms with E-state index in [1.807, 2.05) is 29.9 Å². The molecule has 3 rings (SSSR count). The highest BCUT2D eigenvalue weighted by Crippen LogP contribution is 2.23. The van der Waals surface area contributed by atoms with Crippen molar-refractivity contribution in [2.24, 2.45) is 7.05 Å². The lowest BCUT2D eigenvalue weighted by Crippen LogP contribution is -2.14. The Labute approximate surface area is 93.5 Å². The first-order valence-electron chi connectivity index (χ1n) is 5.53. The van der Waals surface area contributed by atoms with E-state index in [1.54, 1.807) is 0 Å². The maximum Gasteiger partial charge on any atom is 0.274 e. The lowest BCUT2D eigenvalue weighted by molar-refractivity contribution is 0.410. The van der Waals surface area contributed by atoms with Crippen LogP contribution in [-0.2, 0) is 7.05 Å². The van der Waals surface area contributed by atoms with Gasteiger partial charge in [-0.1, -0.05) is 5.16 Å². The van der Waals surface area contributed by atoms with E-state index in [1.165, 1.54) is 6.42 Å². The van der Waals surface area contributed by atoms with Crippen molar-refractivity contribution in [2.45, 2.75) is 18.9 Å². The largest absolute Gasteiger partial charge is 0.347 e. The molecule has 1 saturated heterocycles. The highest BCUT2D eigenvalue weighted by Gasteiger charge is 2.22. The summed E-state index contributed by atoms with van der Waals surface area (Å²) in [6, 6.07) is 4.20. The first-order valence-corrected chi connectivity index (χ1v) is 5.53. The number of aromatic nitrogens is 3. The molecule has 1 N–H and O–H groups in total. The first-order chi connectivity index (χ1) is 7.84. The smallest absolute Gasteiger partial charge is 0.274 e. The summed E-state index contributed by atoms with van der Waals surface area (Å²) in [5.74, 6) is 1.37. The van der Waals surface area contributed by atoms with E-state index in [9.17, 15) is 0 Å². The van der Waals surface area contributed by atoms with Gasteiger partial charge in [0.15, 0.2) is 5.82 Å². The minimum Gasteiger partial charge on any atom is -0.347 e. The van der Waals surface area contributed by atoms with Crippen LogP contribution in [0, 0.1) is 0 Å². The second-order valence-electron chi connectivity index (χ2n) is 4.11. The zero-order valence-electron chi connectivity index (χ0n) is 9.18. The molecular weight excluding hydrogens is 204 g/mol. The Bertz CT molecular complexity index is 482. The van der Waals surface area contributed by atoms with Crippen molar-refractivity contribution in [3.05, 3.63) is 24.2 Å². The molecule has 5 heteroatoms. The highest BCUT2D eigenvalue weighted by atomic mass is 16.5. The second kappa shape index (κ2) is 3.75. The number of hydrogen-bond donors (Lipinski definition) is 1. The Balaban J connectivity index is 1.90. The standard InChI is InChI=1S/C11H14N4O/c1-15-7-3-5-9(15)11-13-10(14-16-11)8-4-2-6-12-8/h3,5,7-8,12H,2,4,6H2,1H3. The van der Waals surface area contributed by atoms with Gasteiger partial charge >= 0.3 is 0 Å². The van der Waals surface area contributed by atoms with Crippen molar-refractivity contribution in [1.29, 1.82) is 0 Å².